The fourth-order valence-electron chi connectivity index (χ4n) is 1.95. The summed E-state index contributed by atoms with van der Waals surface area (Å²) in [5.41, 5.74) is 6.89. The van der Waals surface area contributed by atoms with Crippen LogP contribution in [-0.2, 0) is 6.42 Å². The zero-order chi connectivity index (χ0) is 12.4. The van der Waals surface area contributed by atoms with Crippen LogP contribution in [0, 0.1) is 5.82 Å². The normalized spacial score (nSPS) is 10.9. The monoisotopic (exact) mass is 236 g/mol. The summed E-state index contributed by atoms with van der Waals surface area (Å²) in [6, 6.07) is 4.25. The number of halogens is 1. The Balaban J connectivity index is 2.60. The fraction of sp³-hybridized carbons (Fsp3) is 0.250. The van der Waals surface area contributed by atoms with Crippen LogP contribution in [0.4, 0.5) is 4.39 Å². The molecule has 1 aromatic heterocycles. The van der Waals surface area contributed by atoms with Gasteiger partial charge in [0.15, 0.2) is 0 Å². The lowest BCUT2D eigenvalue weighted by molar-refractivity contribution is 0.0995. The molecule has 2 aromatic rings. The van der Waals surface area contributed by atoms with Gasteiger partial charge in [-0.3, -0.25) is 4.79 Å². The van der Waals surface area contributed by atoms with Gasteiger partial charge in [0.05, 0.1) is 0 Å². The molecule has 90 valence electrons. The second-order valence-corrected chi connectivity index (χ2v) is 3.86. The predicted molar refractivity (Wildman–Crippen MR) is 62.2 cm³/mol. The maximum Gasteiger partial charge on any atom is 0.265 e. The number of carbonyl (C=O) groups is 1. The molecule has 4 N–H and O–H groups in total. The van der Waals surface area contributed by atoms with Gasteiger partial charge in [-0.15, -0.1) is 0 Å². The number of nitrogens with one attached hydrogen (secondary N) is 1. The molecule has 0 radical (unpaired) electrons. The number of fused-ring (bicyclic) bond motifs is 1. The Bertz CT molecular complexity index is 563. The number of hydrogen-bond acceptors (Lipinski definition) is 2. The minimum atomic E-state index is -0.574. The molecule has 0 aliphatic carbocycles. The highest BCUT2D eigenvalue weighted by atomic mass is 19.1. The largest absolute Gasteiger partial charge is 0.396 e. The third-order valence-electron chi connectivity index (χ3n) is 2.70. The standard InChI is InChI=1S/C12H13FN2O2/c13-7-3-4-10-9(6-7)8(2-1-5-16)11(15-10)12(14)17/h3-4,6,15-16H,1-2,5H2,(H2,14,17). The van der Waals surface area contributed by atoms with E-state index in [9.17, 15) is 9.18 Å². The Kier molecular flexibility index (Phi) is 3.10. The molecule has 0 atom stereocenters. The zero-order valence-electron chi connectivity index (χ0n) is 9.16. The molecule has 0 spiro atoms. The number of nitrogens with two attached hydrogens (primary N) is 1. The molecule has 0 saturated heterocycles. The molecule has 0 aliphatic heterocycles. The van der Waals surface area contributed by atoms with Crippen molar-refractivity contribution < 1.29 is 14.3 Å². The first-order chi connectivity index (χ1) is 8.13. The third kappa shape index (κ3) is 2.14. The predicted octanol–water partition coefficient (Wildman–Crippen LogP) is 1.33. The van der Waals surface area contributed by atoms with E-state index in [1.54, 1.807) is 6.07 Å². The molecule has 1 heterocycles. The lowest BCUT2D eigenvalue weighted by atomic mass is 10.1. The lowest BCUT2D eigenvalue weighted by Gasteiger charge is -2.00. The van der Waals surface area contributed by atoms with Crippen molar-refractivity contribution in [2.75, 3.05) is 6.61 Å². The number of H-pyrrole nitrogens is 1. The van der Waals surface area contributed by atoms with Crippen LogP contribution in [0.1, 0.15) is 22.5 Å². The Hall–Kier alpha value is -1.88. The molecular formula is C12H13FN2O2. The molecule has 4 nitrogen and oxygen atoms in total. The summed E-state index contributed by atoms with van der Waals surface area (Å²) in [7, 11) is 0. The molecule has 0 aliphatic rings. The molecular weight excluding hydrogens is 223 g/mol. The number of aliphatic hydroxyl groups is 1. The van der Waals surface area contributed by atoms with Crippen LogP contribution in [0.3, 0.4) is 0 Å². The van der Waals surface area contributed by atoms with Crippen molar-refractivity contribution in [1.82, 2.24) is 4.98 Å². The lowest BCUT2D eigenvalue weighted by Crippen LogP contribution is -2.13. The van der Waals surface area contributed by atoms with Crippen LogP contribution in [0.5, 0.6) is 0 Å². The van der Waals surface area contributed by atoms with Crippen LogP contribution in [-0.4, -0.2) is 22.6 Å². The summed E-state index contributed by atoms with van der Waals surface area (Å²) in [5, 5.41) is 9.47. The molecule has 0 saturated carbocycles. The van der Waals surface area contributed by atoms with Crippen LogP contribution >= 0.6 is 0 Å². The summed E-state index contributed by atoms with van der Waals surface area (Å²) in [6.45, 7) is 0.0141. The number of primary amides is 1. The first kappa shape index (κ1) is 11.6. The van der Waals surface area contributed by atoms with Gasteiger partial charge in [0.1, 0.15) is 11.5 Å². The van der Waals surface area contributed by atoms with Crippen molar-refractivity contribution in [3.8, 4) is 0 Å². The van der Waals surface area contributed by atoms with Gasteiger partial charge < -0.3 is 15.8 Å². The first-order valence-corrected chi connectivity index (χ1v) is 5.34. The minimum absolute atomic E-state index is 0.0141. The quantitative estimate of drug-likeness (QED) is 0.748. The van der Waals surface area contributed by atoms with Crippen molar-refractivity contribution >= 4 is 16.8 Å². The number of rotatable bonds is 4. The van der Waals surface area contributed by atoms with Crippen LogP contribution in [0.25, 0.3) is 10.9 Å². The summed E-state index contributed by atoms with van der Waals surface area (Å²) in [6.07, 6.45) is 0.988. The summed E-state index contributed by atoms with van der Waals surface area (Å²) in [4.78, 5) is 14.2. The van der Waals surface area contributed by atoms with E-state index in [-0.39, 0.29) is 12.4 Å². The van der Waals surface area contributed by atoms with Crippen molar-refractivity contribution in [3.05, 3.63) is 35.3 Å². The van der Waals surface area contributed by atoms with Gasteiger partial charge in [0.2, 0.25) is 0 Å². The number of carbonyl (C=O) groups excluding carboxylic acids is 1. The average Bonchev–Trinajstić information content (AvgIpc) is 2.64. The second-order valence-electron chi connectivity index (χ2n) is 3.86. The number of aromatic nitrogens is 1. The van der Waals surface area contributed by atoms with Gasteiger partial charge in [-0.1, -0.05) is 0 Å². The Labute approximate surface area is 97.2 Å². The maximum atomic E-state index is 13.2. The molecule has 17 heavy (non-hydrogen) atoms. The summed E-state index contributed by atoms with van der Waals surface area (Å²) >= 11 is 0. The molecule has 1 amide bonds. The minimum Gasteiger partial charge on any atom is -0.396 e. The molecule has 0 unspecified atom stereocenters. The second kappa shape index (κ2) is 4.55. The zero-order valence-corrected chi connectivity index (χ0v) is 9.16. The number of amides is 1. The van der Waals surface area contributed by atoms with Gasteiger partial charge in [-0.25, -0.2) is 4.39 Å². The molecule has 0 fully saturated rings. The number of aryl methyl sites for hydroxylation is 1. The maximum absolute atomic E-state index is 13.2. The van der Waals surface area contributed by atoms with Gasteiger partial charge in [0.25, 0.3) is 5.91 Å². The SMILES string of the molecule is NC(=O)c1[nH]c2ccc(F)cc2c1CCCO. The summed E-state index contributed by atoms with van der Waals surface area (Å²) in [5.74, 6) is -0.938. The molecule has 5 heteroatoms. The number of aromatic amines is 1. The van der Waals surface area contributed by atoms with Crippen molar-refractivity contribution in [3.63, 3.8) is 0 Å². The third-order valence-corrected chi connectivity index (χ3v) is 2.70. The van der Waals surface area contributed by atoms with E-state index in [1.807, 2.05) is 0 Å². The smallest absolute Gasteiger partial charge is 0.265 e. The van der Waals surface area contributed by atoms with Crippen molar-refractivity contribution in [2.24, 2.45) is 5.73 Å². The topological polar surface area (TPSA) is 79.1 Å². The molecule has 1 aromatic carbocycles. The van der Waals surface area contributed by atoms with E-state index < -0.39 is 5.91 Å². The van der Waals surface area contributed by atoms with Gasteiger partial charge >= 0.3 is 0 Å². The van der Waals surface area contributed by atoms with E-state index in [4.69, 9.17) is 10.8 Å². The van der Waals surface area contributed by atoms with Gasteiger partial charge in [-0.2, -0.15) is 0 Å². The van der Waals surface area contributed by atoms with Crippen LogP contribution in [0.15, 0.2) is 18.2 Å². The van der Waals surface area contributed by atoms with Crippen molar-refractivity contribution in [1.29, 1.82) is 0 Å². The van der Waals surface area contributed by atoms with E-state index >= 15 is 0 Å². The Morgan fingerprint density at radius 2 is 2.24 bits per heavy atom. The van der Waals surface area contributed by atoms with Crippen LogP contribution < -0.4 is 5.73 Å². The Morgan fingerprint density at radius 3 is 2.88 bits per heavy atom. The van der Waals surface area contributed by atoms with Gasteiger partial charge in [-0.05, 0) is 36.6 Å². The van der Waals surface area contributed by atoms with E-state index in [0.29, 0.717) is 35.0 Å². The van der Waals surface area contributed by atoms with Crippen molar-refractivity contribution in [2.45, 2.75) is 12.8 Å². The number of hydrogen-bond donors (Lipinski definition) is 3. The summed E-state index contributed by atoms with van der Waals surface area (Å²) < 4.78 is 13.2. The van der Waals surface area contributed by atoms with Gasteiger partial charge in [0, 0.05) is 17.5 Å². The highest BCUT2D eigenvalue weighted by Gasteiger charge is 2.15. The molecule has 2 rings (SSSR count). The average molecular weight is 236 g/mol. The number of aliphatic hydroxyl groups excluding tert-OH is 1. The highest BCUT2D eigenvalue weighted by molar-refractivity contribution is 6.00. The van der Waals surface area contributed by atoms with Crippen LogP contribution in [0.2, 0.25) is 0 Å². The Morgan fingerprint density at radius 1 is 1.47 bits per heavy atom. The fourth-order valence-corrected chi connectivity index (χ4v) is 1.95. The first-order valence-electron chi connectivity index (χ1n) is 5.34. The van der Waals surface area contributed by atoms with E-state index in [2.05, 4.69) is 4.98 Å². The van der Waals surface area contributed by atoms with E-state index in [1.165, 1.54) is 12.1 Å². The highest BCUT2D eigenvalue weighted by Crippen LogP contribution is 2.24. The molecule has 0 bridgehead atoms. The van der Waals surface area contributed by atoms with E-state index in [0.717, 1.165) is 0 Å². The number of benzene rings is 1.